The molecule has 8 heteroatoms. The van der Waals surface area contributed by atoms with Crippen molar-refractivity contribution in [1.29, 1.82) is 0 Å². The van der Waals surface area contributed by atoms with Crippen molar-refractivity contribution >= 4 is 35.7 Å². The molecule has 30 heavy (non-hydrogen) atoms. The fourth-order valence-electron chi connectivity index (χ4n) is 2.75. The van der Waals surface area contributed by atoms with Gasteiger partial charge in [0, 0.05) is 11.9 Å². The molecule has 0 saturated heterocycles. The highest BCUT2D eigenvalue weighted by Crippen LogP contribution is 2.29. The van der Waals surface area contributed by atoms with Crippen LogP contribution >= 0.6 is 6.19 Å². The van der Waals surface area contributed by atoms with E-state index in [1.807, 2.05) is 74.0 Å². The number of alkyl carbamates (subject to hydrolysis) is 1. The van der Waals surface area contributed by atoms with Gasteiger partial charge >= 0.3 is 6.09 Å². The average Bonchev–Trinajstić information content (AvgIpc) is 2.72. The molecule has 0 radical (unpaired) electrons. The Morgan fingerprint density at radius 2 is 1.63 bits per heavy atom. The smallest absolute Gasteiger partial charge is 0.408 e. The van der Waals surface area contributed by atoms with Gasteiger partial charge in [0.25, 0.3) is 0 Å². The van der Waals surface area contributed by atoms with Crippen molar-refractivity contribution in [2.45, 2.75) is 31.9 Å². The van der Waals surface area contributed by atoms with Gasteiger partial charge in [0.2, 0.25) is 5.91 Å². The van der Waals surface area contributed by atoms with Gasteiger partial charge in [-0.05, 0) is 56.8 Å². The van der Waals surface area contributed by atoms with E-state index >= 15 is 0 Å². The highest BCUT2D eigenvalue weighted by molar-refractivity contribution is 8.13. The molecule has 0 bridgehead atoms. The zero-order chi connectivity index (χ0) is 21.8. The molecule has 0 heterocycles. The second-order valence-corrected chi connectivity index (χ2v) is 13.1. The number of carbonyl (C=O) groups is 2. The van der Waals surface area contributed by atoms with E-state index in [0.29, 0.717) is 12.1 Å². The molecule has 0 unspecified atom stereocenters. The first-order valence-electron chi connectivity index (χ1n) is 9.97. The van der Waals surface area contributed by atoms with Crippen molar-refractivity contribution < 1.29 is 14.3 Å². The lowest BCUT2D eigenvalue weighted by molar-refractivity contribution is -0.118. The number of anilines is 1. The van der Waals surface area contributed by atoms with Gasteiger partial charge in [-0.25, -0.2) is 4.79 Å². The van der Waals surface area contributed by atoms with Crippen LogP contribution in [0.2, 0.25) is 0 Å². The Hall–Kier alpha value is -2.21. The molecule has 2 rings (SSSR count). The molecule has 0 aliphatic rings. The molecule has 0 aromatic heterocycles. The van der Waals surface area contributed by atoms with Crippen LogP contribution in [0.15, 0.2) is 60.7 Å². The monoisotopic (exact) mass is 447 g/mol. The molecular weight excluding hydrogens is 417 g/mol. The lowest BCUT2D eigenvalue weighted by atomic mass is 10.1. The lowest BCUT2D eigenvalue weighted by Crippen LogP contribution is -2.44. The standard InChI is InChI=1S/C22H30N3O3PS/c1-29(2,30)23-16-10-9-15-20(21(26)24-19-13-7-4-8-14-19)25-22(27)28-17-18-11-5-3-6-12-18/h3-8,11-14,20H,9-10,15-17H2,1-2H3,(H,23,30)(H,24,26)(H,25,27)/t20-/m0/s1. The van der Waals surface area contributed by atoms with Gasteiger partial charge in [-0.1, -0.05) is 60.3 Å². The van der Waals surface area contributed by atoms with E-state index in [1.165, 1.54) is 0 Å². The number of benzene rings is 2. The summed E-state index contributed by atoms with van der Waals surface area (Å²) in [6, 6.07) is 17.9. The molecular formula is C22H30N3O3PS. The normalized spacial score (nSPS) is 12.1. The van der Waals surface area contributed by atoms with Crippen molar-refractivity contribution in [2.24, 2.45) is 0 Å². The number of unbranched alkanes of at least 4 members (excludes halogenated alkanes) is 1. The second kappa shape index (κ2) is 12.5. The van der Waals surface area contributed by atoms with Gasteiger partial charge in [0.1, 0.15) is 12.6 Å². The summed E-state index contributed by atoms with van der Waals surface area (Å²) in [7, 11) is 0. The third kappa shape index (κ3) is 10.0. The highest BCUT2D eigenvalue weighted by atomic mass is 32.4. The number of hydrogen-bond donors (Lipinski definition) is 3. The number of nitrogens with one attached hydrogen (secondary N) is 3. The van der Waals surface area contributed by atoms with Crippen molar-refractivity contribution in [1.82, 2.24) is 10.4 Å². The summed E-state index contributed by atoms with van der Waals surface area (Å²) in [5.74, 6) is -0.262. The van der Waals surface area contributed by atoms with E-state index in [-0.39, 0.29) is 12.5 Å². The average molecular weight is 448 g/mol. The van der Waals surface area contributed by atoms with Crippen LogP contribution in [0.3, 0.4) is 0 Å². The molecule has 6 nitrogen and oxygen atoms in total. The Labute approximate surface area is 183 Å². The van der Waals surface area contributed by atoms with Crippen LogP contribution in [0.5, 0.6) is 0 Å². The molecule has 0 aliphatic heterocycles. The van der Waals surface area contributed by atoms with Crippen molar-refractivity contribution in [3.63, 3.8) is 0 Å². The molecule has 0 spiro atoms. The third-order valence-electron chi connectivity index (χ3n) is 4.27. The highest BCUT2D eigenvalue weighted by Gasteiger charge is 2.21. The first kappa shape index (κ1) is 24.1. The summed E-state index contributed by atoms with van der Waals surface area (Å²) in [6.45, 7) is 5.04. The number of para-hydroxylation sites is 1. The zero-order valence-corrected chi connectivity index (χ0v) is 19.2. The number of carbonyl (C=O) groups excluding carboxylic acids is 2. The van der Waals surface area contributed by atoms with Gasteiger partial charge in [0.15, 0.2) is 0 Å². The zero-order valence-electron chi connectivity index (χ0n) is 17.5. The Kier molecular flexibility index (Phi) is 10.0. The SMILES string of the molecule is CP(C)(=S)NCCCC[C@H](NC(=O)OCc1ccccc1)C(=O)Nc1ccccc1. The van der Waals surface area contributed by atoms with E-state index in [4.69, 9.17) is 16.5 Å². The molecule has 2 amide bonds. The maximum atomic E-state index is 12.7. The fourth-order valence-corrected chi connectivity index (χ4v) is 3.72. The van der Waals surface area contributed by atoms with E-state index in [9.17, 15) is 9.59 Å². The Morgan fingerprint density at radius 3 is 2.27 bits per heavy atom. The maximum absolute atomic E-state index is 12.7. The molecule has 3 N–H and O–H groups in total. The van der Waals surface area contributed by atoms with Crippen molar-refractivity contribution in [3.8, 4) is 0 Å². The predicted molar refractivity (Wildman–Crippen MR) is 127 cm³/mol. The maximum Gasteiger partial charge on any atom is 0.408 e. The van der Waals surface area contributed by atoms with Crippen molar-refractivity contribution in [3.05, 3.63) is 66.2 Å². The van der Waals surface area contributed by atoms with Crippen LogP contribution in [-0.2, 0) is 27.9 Å². The van der Waals surface area contributed by atoms with Gasteiger partial charge < -0.3 is 15.4 Å². The molecule has 0 saturated carbocycles. The molecule has 2 aromatic carbocycles. The Balaban J connectivity index is 1.89. The minimum absolute atomic E-state index is 0.154. The molecule has 1 atom stereocenters. The summed E-state index contributed by atoms with van der Waals surface area (Å²) >= 11 is 5.39. The quantitative estimate of drug-likeness (QED) is 0.353. The Bertz CT molecular complexity index is 843. The predicted octanol–water partition coefficient (Wildman–Crippen LogP) is 4.33. The number of hydrogen-bond acceptors (Lipinski definition) is 4. The van der Waals surface area contributed by atoms with E-state index < -0.39 is 18.3 Å². The largest absolute Gasteiger partial charge is 0.445 e. The second-order valence-electron chi connectivity index (χ2n) is 7.37. The summed E-state index contributed by atoms with van der Waals surface area (Å²) in [4.78, 5) is 25.0. The fraction of sp³-hybridized carbons (Fsp3) is 0.364. The minimum Gasteiger partial charge on any atom is -0.445 e. The van der Waals surface area contributed by atoms with Gasteiger partial charge in [-0.3, -0.25) is 9.88 Å². The van der Waals surface area contributed by atoms with Crippen LogP contribution in [-0.4, -0.2) is 37.9 Å². The van der Waals surface area contributed by atoms with Crippen LogP contribution in [0.25, 0.3) is 0 Å². The van der Waals surface area contributed by atoms with Gasteiger partial charge in [0.05, 0.1) is 0 Å². The summed E-state index contributed by atoms with van der Waals surface area (Å²) in [5, 5.41) is 8.91. The van der Waals surface area contributed by atoms with Crippen LogP contribution in [0.1, 0.15) is 24.8 Å². The molecule has 0 fully saturated rings. The topological polar surface area (TPSA) is 79.5 Å². The van der Waals surface area contributed by atoms with Crippen LogP contribution in [0.4, 0.5) is 10.5 Å². The Morgan fingerprint density at radius 1 is 1.00 bits per heavy atom. The van der Waals surface area contributed by atoms with Crippen molar-refractivity contribution in [2.75, 3.05) is 25.2 Å². The van der Waals surface area contributed by atoms with Crippen LogP contribution < -0.4 is 15.7 Å². The molecule has 2 aromatic rings. The summed E-state index contributed by atoms with van der Waals surface area (Å²) in [5.41, 5.74) is 1.57. The molecule has 0 aliphatic carbocycles. The first-order valence-corrected chi connectivity index (χ1v) is 13.7. The minimum atomic E-state index is -1.44. The van der Waals surface area contributed by atoms with E-state index in [1.54, 1.807) is 0 Å². The summed E-state index contributed by atoms with van der Waals surface area (Å²) < 4.78 is 5.28. The number of amides is 2. The van der Waals surface area contributed by atoms with Gasteiger partial charge in [-0.2, -0.15) is 0 Å². The third-order valence-corrected chi connectivity index (χ3v) is 5.65. The van der Waals surface area contributed by atoms with Gasteiger partial charge in [-0.15, -0.1) is 0 Å². The molecule has 162 valence electrons. The number of rotatable bonds is 11. The summed E-state index contributed by atoms with van der Waals surface area (Å²) in [6.07, 6.45) is 0.104. The van der Waals surface area contributed by atoms with E-state index in [2.05, 4.69) is 15.7 Å². The van der Waals surface area contributed by atoms with Crippen LogP contribution in [0, 0.1) is 0 Å². The number of ether oxygens (including phenoxy) is 1. The lowest BCUT2D eigenvalue weighted by Gasteiger charge is -2.19. The van der Waals surface area contributed by atoms with E-state index in [0.717, 1.165) is 24.9 Å². The first-order chi connectivity index (χ1) is 14.3.